The standard InChI is InChI=1S/C13H19N3O2/c1-16-11(7-10(8-14)15-16)9-4-5-12(17-2)13(6-9)18-3/h4-6,11H,7-8,14H2,1-3H3. The van der Waals surface area contributed by atoms with Crippen LogP contribution in [0.1, 0.15) is 18.0 Å². The van der Waals surface area contributed by atoms with E-state index in [2.05, 4.69) is 5.10 Å². The molecule has 0 saturated heterocycles. The lowest BCUT2D eigenvalue weighted by Crippen LogP contribution is -2.15. The summed E-state index contributed by atoms with van der Waals surface area (Å²) in [6, 6.07) is 6.18. The first kappa shape index (κ1) is 12.7. The predicted octanol–water partition coefficient (Wildman–Crippen LogP) is 1.40. The van der Waals surface area contributed by atoms with Gasteiger partial charge in [0.25, 0.3) is 0 Å². The molecule has 0 bridgehead atoms. The van der Waals surface area contributed by atoms with Gasteiger partial charge in [-0.2, -0.15) is 5.10 Å². The summed E-state index contributed by atoms with van der Waals surface area (Å²) < 4.78 is 10.6. The van der Waals surface area contributed by atoms with Crippen molar-refractivity contribution in [2.45, 2.75) is 12.5 Å². The third-order valence-corrected chi connectivity index (χ3v) is 3.21. The van der Waals surface area contributed by atoms with Gasteiger partial charge >= 0.3 is 0 Å². The molecule has 5 heteroatoms. The number of methoxy groups -OCH3 is 2. The monoisotopic (exact) mass is 249 g/mol. The highest BCUT2D eigenvalue weighted by Gasteiger charge is 2.25. The van der Waals surface area contributed by atoms with Crippen LogP contribution in [0.15, 0.2) is 23.3 Å². The zero-order valence-corrected chi connectivity index (χ0v) is 11.0. The van der Waals surface area contributed by atoms with Crippen molar-refractivity contribution < 1.29 is 9.47 Å². The summed E-state index contributed by atoms with van der Waals surface area (Å²) in [5, 5.41) is 6.36. The first-order valence-electron chi connectivity index (χ1n) is 5.90. The third kappa shape index (κ3) is 2.26. The molecule has 18 heavy (non-hydrogen) atoms. The molecule has 2 N–H and O–H groups in total. The number of hydrazone groups is 1. The summed E-state index contributed by atoms with van der Waals surface area (Å²) in [4.78, 5) is 0. The van der Waals surface area contributed by atoms with Gasteiger partial charge in [-0.05, 0) is 17.7 Å². The number of hydrogen-bond donors (Lipinski definition) is 1. The van der Waals surface area contributed by atoms with Crippen molar-refractivity contribution in [2.75, 3.05) is 27.8 Å². The van der Waals surface area contributed by atoms with Gasteiger partial charge in [0.1, 0.15) is 0 Å². The van der Waals surface area contributed by atoms with Crippen molar-refractivity contribution in [3.8, 4) is 11.5 Å². The molecule has 1 aromatic rings. The van der Waals surface area contributed by atoms with Gasteiger partial charge < -0.3 is 15.2 Å². The predicted molar refractivity (Wildman–Crippen MR) is 71.2 cm³/mol. The summed E-state index contributed by atoms with van der Waals surface area (Å²) in [5.41, 5.74) is 7.82. The molecule has 2 rings (SSSR count). The zero-order valence-electron chi connectivity index (χ0n) is 11.0. The average molecular weight is 249 g/mol. The van der Waals surface area contributed by atoms with Gasteiger partial charge in [-0.3, -0.25) is 5.01 Å². The normalized spacial score (nSPS) is 18.8. The average Bonchev–Trinajstić information content (AvgIpc) is 2.79. The third-order valence-electron chi connectivity index (χ3n) is 3.21. The molecule has 0 spiro atoms. The lowest BCUT2D eigenvalue weighted by Gasteiger charge is -2.20. The number of benzene rings is 1. The van der Waals surface area contributed by atoms with Crippen molar-refractivity contribution in [3.63, 3.8) is 0 Å². The maximum atomic E-state index is 5.64. The quantitative estimate of drug-likeness (QED) is 0.876. The van der Waals surface area contributed by atoms with Crippen molar-refractivity contribution in [1.82, 2.24) is 5.01 Å². The number of nitrogens with two attached hydrogens (primary N) is 1. The lowest BCUT2D eigenvalue weighted by molar-refractivity contribution is 0.288. The molecule has 98 valence electrons. The number of ether oxygens (including phenoxy) is 2. The van der Waals surface area contributed by atoms with Gasteiger partial charge in [-0.1, -0.05) is 6.07 Å². The molecule has 1 atom stereocenters. The lowest BCUT2D eigenvalue weighted by atomic mass is 10.0. The number of nitrogens with zero attached hydrogens (tertiary/aromatic N) is 2. The summed E-state index contributed by atoms with van der Waals surface area (Å²) in [6.07, 6.45) is 0.864. The second-order valence-electron chi connectivity index (χ2n) is 4.28. The SMILES string of the molecule is COc1ccc(C2CC(CN)=NN2C)cc1OC. The van der Waals surface area contributed by atoms with Crippen molar-refractivity contribution in [1.29, 1.82) is 0 Å². The highest BCUT2D eigenvalue weighted by Crippen LogP contribution is 2.35. The van der Waals surface area contributed by atoms with Crippen LogP contribution in [0.2, 0.25) is 0 Å². The Morgan fingerprint density at radius 1 is 1.33 bits per heavy atom. The van der Waals surface area contributed by atoms with E-state index in [4.69, 9.17) is 15.2 Å². The van der Waals surface area contributed by atoms with Crippen LogP contribution in [-0.2, 0) is 0 Å². The fourth-order valence-electron chi connectivity index (χ4n) is 2.21. The van der Waals surface area contributed by atoms with Gasteiger partial charge in [0, 0.05) is 20.0 Å². The van der Waals surface area contributed by atoms with E-state index in [1.807, 2.05) is 30.3 Å². The topological polar surface area (TPSA) is 60.1 Å². The van der Waals surface area contributed by atoms with E-state index in [-0.39, 0.29) is 6.04 Å². The molecule has 5 nitrogen and oxygen atoms in total. The fraction of sp³-hybridized carbons (Fsp3) is 0.462. The molecule has 0 saturated carbocycles. The summed E-state index contributed by atoms with van der Waals surface area (Å²) in [5.74, 6) is 1.48. The second kappa shape index (κ2) is 5.27. The molecule has 0 radical (unpaired) electrons. The van der Waals surface area contributed by atoms with E-state index in [9.17, 15) is 0 Å². The van der Waals surface area contributed by atoms with Crippen LogP contribution in [0.25, 0.3) is 0 Å². The first-order chi connectivity index (χ1) is 8.69. The zero-order chi connectivity index (χ0) is 13.1. The van der Waals surface area contributed by atoms with E-state index >= 15 is 0 Å². The maximum Gasteiger partial charge on any atom is 0.161 e. The van der Waals surface area contributed by atoms with Crippen LogP contribution in [-0.4, -0.2) is 38.5 Å². The van der Waals surface area contributed by atoms with Crippen LogP contribution in [0, 0.1) is 0 Å². The molecular formula is C13H19N3O2. The highest BCUT2D eigenvalue weighted by molar-refractivity contribution is 5.88. The van der Waals surface area contributed by atoms with Crippen LogP contribution < -0.4 is 15.2 Å². The van der Waals surface area contributed by atoms with E-state index in [0.717, 1.165) is 29.2 Å². The Kier molecular flexibility index (Phi) is 3.72. The Balaban J connectivity index is 2.25. The van der Waals surface area contributed by atoms with E-state index in [1.165, 1.54) is 0 Å². The Morgan fingerprint density at radius 3 is 2.61 bits per heavy atom. The van der Waals surface area contributed by atoms with Crippen LogP contribution in [0.4, 0.5) is 0 Å². The highest BCUT2D eigenvalue weighted by atomic mass is 16.5. The minimum Gasteiger partial charge on any atom is -0.493 e. The molecule has 1 unspecified atom stereocenters. The molecule has 0 fully saturated rings. The molecule has 1 aromatic carbocycles. The van der Waals surface area contributed by atoms with Crippen LogP contribution in [0.3, 0.4) is 0 Å². The summed E-state index contributed by atoms with van der Waals surface area (Å²) in [7, 11) is 5.24. The van der Waals surface area contributed by atoms with E-state index in [1.54, 1.807) is 14.2 Å². The van der Waals surface area contributed by atoms with E-state index < -0.39 is 0 Å². The fourth-order valence-corrected chi connectivity index (χ4v) is 2.21. The first-order valence-corrected chi connectivity index (χ1v) is 5.90. The second-order valence-corrected chi connectivity index (χ2v) is 4.28. The van der Waals surface area contributed by atoms with Crippen molar-refractivity contribution in [3.05, 3.63) is 23.8 Å². The summed E-state index contributed by atoms with van der Waals surface area (Å²) in [6.45, 7) is 0.508. The Bertz CT molecular complexity index is 460. The molecule has 1 heterocycles. The molecular weight excluding hydrogens is 230 g/mol. The molecule has 0 aromatic heterocycles. The van der Waals surface area contributed by atoms with Crippen LogP contribution >= 0.6 is 0 Å². The number of hydrogen-bond acceptors (Lipinski definition) is 5. The van der Waals surface area contributed by atoms with Gasteiger partial charge in [0.05, 0.1) is 26.0 Å². The molecule has 0 amide bonds. The van der Waals surface area contributed by atoms with Crippen molar-refractivity contribution in [2.24, 2.45) is 10.8 Å². The largest absolute Gasteiger partial charge is 0.493 e. The maximum absolute atomic E-state index is 5.64. The summed E-state index contributed by atoms with van der Waals surface area (Å²) >= 11 is 0. The Labute approximate surface area is 107 Å². The Morgan fingerprint density at radius 2 is 2.06 bits per heavy atom. The minimum absolute atomic E-state index is 0.225. The van der Waals surface area contributed by atoms with Gasteiger partial charge in [0.15, 0.2) is 11.5 Å². The van der Waals surface area contributed by atoms with E-state index in [0.29, 0.717) is 6.54 Å². The van der Waals surface area contributed by atoms with Crippen LogP contribution in [0.5, 0.6) is 11.5 Å². The molecule has 1 aliphatic heterocycles. The molecule has 1 aliphatic rings. The van der Waals surface area contributed by atoms with Crippen molar-refractivity contribution >= 4 is 5.71 Å². The van der Waals surface area contributed by atoms with Gasteiger partial charge in [-0.15, -0.1) is 0 Å². The Hall–Kier alpha value is -1.75. The number of rotatable bonds is 4. The molecule has 0 aliphatic carbocycles. The van der Waals surface area contributed by atoms with Gasteiger partial charge in [-0.25, -0.2) is 0 Å². The van der Waals surface area contributed by atoms with Gasteiger partial charge in [0.2, 0.25) is 0 Å². The smallest absolute Gasteiger partial charge is 0.161 e. The minimum atomic E-state index is 0.225.